The van der Waals surface area contributed by atoms with E-state index in [1.165, 1.54) is 11.3 Å². The molecule has 94 valence electrons. The van der Waals surface area contributed by atoms with Gasteiger partial charge in [0, 0.05) is 24.3 Å². The number of aromatic nitrogens is 2. The van der Waals surface area contributed by atoms with Crippen molar-refractivity contribution in [3.05, 3.63) is 46.2 Å². The minimum absolute atomic E-state index is 0.0396. The lowest BCUT2D eigenvalue weighted by molar-refractivity contribution is -0.120. The standard InChI is InChI=1S/C12H12ClN3OS/c13-6-10-8-18-12(16-10)5-11(17)15-7-9-1-3-14-4-2-9/h1-4,8H,5-7H2,(H,15,17). The molecule has 0 fully saturated rings. The Morgan fingerprint density at radius 2 is 2.17 bits per heavy atom. The summed E-state index contributed by atoms with van der Waals surface area (Å²) in [5.41, 5.74) is 1.84. The number of alkyl halides is 1. The average Bonchev–Trinajstić information content (AvgIpc) is 2.85. The first-order valence-electron chi connectivity index (χ1n) is 5.43. The summed E-state index contributed by atoms with van der Waals surface area (Å²) in [5.74, 6) is 0.345. The van der Waals surface area contributed by atoms with E-state index in [1.807, 2.05) is 17.5 Å². The van der Waals surface area contributed by atoms with Crippen molar-refractivity contribution in [3.63, 3.8) is 0 Å². The molecule has 2 heterocycles. The number of hydrogen-bond acceptors (Lipinski definition) is 4. The molecule has 0 aliphatic heterocycles. The van der Waals surface area contributed by atoms with E-state index < -0.39 is 0 Å². The van der Waals surface area contributed by atoms with Gasteiger partial charge in [-0.05, 0) is 17.7 Å². The molecule has 0 radical (unpaired) electrons. The predicted molar refractivity (Wildman–Crippen MR) is 71.5 cm³/mol. The van der Waals surface area contributed by atoms with Gasteiger partial charge < -0.3 is 5.32 Å². The van der Waals surface area contributed by atoms with Crippen LogP contribution in [0.5, 0.6) is 0 Å². The average molecular weight is 282 g/mol. The zero-order chi connectivity index (χ0) is 12.8. The van der Waals surface area contributed by atoms with Crippen LogP contribution in [-0.4, -0.2) is 15.9 Å². The molecular formula is C12H12ClN3OS. The van der Waals surface area contributed by atoms with Gasteiger partial charge in [-0.3, -0.25) is 9.78 Å². The van der Waals surface area contributed by atoms with E-state index in [0.29, 0.717) is 18.8 Å². The van der Waals surface area contributed by atoms with Crippen molar-refractivity contribution < 1.29 is 4.79 Å². The Labute approximate surface area is 114 Å². The van der Waals surface area contributed by atoms with Gasteiger partial charge in [-0.1, -0.05) is 0 Å². The SMILES string of the molecule is O=C(Cc1nc(CCl)cs1)NCc1ccncc1. The van der Waals surface area contributed by atoms with Gasteiger partial charge in [-0.15, -0.1) is 22.9 Å². The molecule has 0 aliphatic carbocycles. The number of nitrogens with zero attached hydrogens (tertiary/aromatic N) is 2. The summed E-state index contributed by atoms with van der Waals surface area (Å²) in [4.78, 5) is 19.8. The number of pyridine rings is 1. The number of nitrogens with one attached hydrogen (secondary N) is 1. The third kappa shape index (κ3) is 3.78. The second-order valence-electron chi connectivity index (χ2n) is 3.68. The minimum Gasteiger partial charge on any atom is -0.352 e. The van der Waals surface area contributed by atoms with E-state index in [-0.39, 0.29) is 5.91 Å². The lowest BCUT2D eigenvalue weighted by Crippen LogP contribution is -2.24. The molecule has 4 nitrogen and oxygen atoms in total. The van der Waals surface area contributed by atoms with Crippen molar-refractivity contribution in [1.82, 2.24) is 15.3 Å². The van der Waals surface area contributed by atoms with Crippen LogP contribution in [0.3, 0.4) is 0 Å². The number of rotatable bonds is 5. The van der Waals surface area contributed by atoms with Gasteiger partial charge in [0.1, 0.15) is 5.01 Å². The first-order chi connectivity index (χ1) is 8.78. The molecule has 2 rings (SSSR count). The largest absolute Gasteiger partial charge is 0.352 e. The molecule has 0 aromatic carbocycles. The van der Waals surface area contributed by atoms with Crippen LogP contribution in [0.2, 0.25) is 0 Å². The highest BCUT2D eigenvalue weighted by atomic mass is 35.5. The molecule has 1 N–H and O–H groups in total. The number of amides is 1. The van der Waals surface area contributed by atoms with Crippen molar-refractivity contribution in [3.8, 4) is 0 Å². The molecule has 2 aromatic rings. The molecule has 0 saturated heterocycles. The van der Waals surface area contributed by atoms with E-state index >= 15 is 0 Å². The number of halogens is 1. The van der Waals surface area contributed by atoms with Crippen LogP contribution in [0.4, 0.5) is 0 Å². The first kappa shape index (κ1) is 13.0. The van der Waals surface area contributed by atoms with Crippen molar-refractivity contribution >= 4 is 28.8 Å². The van der Waals surface area contributed by atoms with E-state index in [9.17, 15) is 4.79 Å². The van der Waals surface area contributed by atoms with E-state index in [0.717, 1.165) is 16.3 Å². The van der Waals surface area contributed by atoms with Crippen LogP contribution in [0.1, 0.15) is 16.3 Å². The Bertz CT molecular complexity index is 515. The van der Waals surface area contributed by atoms with Crippen LogP contribution in [-0.2, 0) is 23.6 Å². The van der Waals surface area contributed by atoms with E-state index in [4.69, 9.17) is 11.6 Å². The molecule has 0 unspecified atom stereocenters. The number of hydrogen-bond donors (Lipinski definition) is 1. The maximum atomic E-state index is 11.7. The summed E-state index contributed by atoms with van der Waals surface area (Å²) >= 11 is 7.11. The Morgan fingerprint density at radius 1 is 1.39 bits per heavy atom. The second-order valence-corrected chi connectivity index (χ2v) is 4.89. The highest BCUT2D eigenvalue weighted by Gasteiger charge is 2.07. The smallest absolute Gasteiger partial charge is 0.227 e. The molecule has 0 bridgehead atoms. The lowest BCUT2D eigenvalue weighted by Gasteiger charge is -2.03. The molecular weight excluding hydrogens is 270 g/mol. The van der Waals surface area contributed by atoms with Crippen LogP contribution >= 0.6 is 22.9 Å². The summed E-state index contributed by atoms with van der Waals surface area (Å²) in [6, 6.07) is 3.74. The minimum atomic E-state index is -0.0396. The van der Waals surface area contributed by atoms with Gasteiger partial charge in [0.25, 0.3) is 0 Å². The van der Waals surface area contributed by atoms with Crippen LogP contribution < -0.4 is 5.32 Å². The summed E-state index contributed by atoms with van der Waals surface area (Å²) in [6.07, 6.45) is 3.71. The number of thiazole rings is 1. The summed E-state index contributed by atoms with van der Waals surface area (Å²) < 4.78 is 0. The molecule has 0 atom stereocenters. The second kappa shape index (κ2) is 6.47. The Balaban J connectivity index is 1.82. The molecule has 18 heavy (non-hydrogen) atoms. The third-order valence-corrected chi connectivity index (χ3v) is 3.46. The van der Waals surface area contributed by atoms with Crippen molar-refractivity contribution in [2.45, 2.75) is 18.8 Å². The Hall–Kier alpha value is -1.46. The molecule has 6 heteroatoms. The quantitative estimate of drug-likeness (QED) is 0.854. The van der Waals surface area contributed by atoms with E-state index in [1.54, 1.807) is 12.4 Å². The molecule has 1 amide bonds. The van der Waals surface area contributed by atoms with Gasteiger partial charge >= 0.3 is 0 Å². The van der Waals surface area contributed by atoms with Crippen LogP contribution in [0, 0.1) is 0 Å². The zero-order valence-corrected chi connectivity index (χ0v) is 11.2. The first-order valence-corrected chi connectivity index (χ1v) is 6.84. The fraction of sp³-hybridized carbons (Fsp3) is 0.250. The number of carbonyl (C=O) groups excluding carboxylic acids is 1. The topological polar surface area (TPSA) is 54.9 Å². The van der Waals surface area contributed by atoms with Gasteiger partial charge in [0.2, 0.25) is 5.91 Å². The Kier molecular flexibility index (Phi) is 4.66. The van der Waals surface area contributed by atoms with Gasteiger partial charge in [0.05, 0.1) is 18.0 Å². The summed E-state index contributed by atoms with van der Waals surface area (Å²) in [7, 11) is 0. The maximum absolute atomic E-state index is 11.7. The summed E-state index contributed by atoms with van der Waals surface area (Å²) in [6.45, 7) is 0.509. The highest BCUT2D eigenvalue weighted by Crippen LogP contribution is 2.12. The molecule has 0 saturated carbocycles. The fourth-order valence-corrected chi connectivity index (χ4v) is 2.41. The fourth-order valence-electron chi connectivity index (χ4n) is 1.39. The molecule has 0 spiro atoms. The lowest BCUT2D eigenvalue weighted by atomic mass is 10.2. The predicted octanol–water partition coefficient (Wildman–Crippen LogP) is 2.14. The van der Waals surface area contributed by atoms with Crippen molar-refractivity contribution in [1.29, 1.82) is 0 Å². The van der Waals surface area contributed by atoms with E-state index in [2.05, 4.69) is 15.3 Å². The number of carbonyl (C=O) groups is 1. The zero-order valence-electron chi connectivity index (χ0n) is 9.60. The van der Waals surface area contributed by atoms with Crippen LogP contribution in [0.15, 0.2) is 29.9 Å². The Morgan fingerprint density at radius 3 is 2.83 bits per heavy atom. The monoisotopic (exact) mass is 281 g/mol. The van der Waals surface area contributed by atoms with Gasteiger partial charge in [-0.25, -0.2) is 4.98 Å². The highest BCUT2D eigenvalue weighted by molar-refractivity contribution is 7.09. The maximum Gasteiger partial charge on any atom is 0.227 e. The molecule has 2 aromatic heterocycles. The third-order valence-electron chi connectivity index (χ3n) is 2.29. The normalized spacial score (nSPS) is 10.3. The van der Waals surface area contributed by atoms with Gasteiger partial charge in [0.15, 0.2) is 0 Å². The van der Waals surface area contributed by atoms with Crippen molar-refractivity contribution in [2.75, 3.05) is 0 Å². The van der Waals surface area contributed by atoms with Crippen molar-refractivity contribution in [2.24, 2.45) is 0 Å². The molecule has 0 aliphatic rings. The van der Waals surface area contributed by atoms with Crippen LogP contribution in [0.25, 0.3) is 0 Å². The van der Waals surface area contributed by atoms with Gasteiger partial charge in [-0.2, -0.15) is 0 Å². The summed E-state index contributed by atoms with van der Waals surface area (Å²) in [5, 5.41) is 5.50.